The van der Waals surface area contributed by atoms with E-state index in [1.165, 1.54) is 0 Å². The van der Waals surface area contributed by atoms with E-state index in [0.717, 1.165) is 34.5 Å². The number of oxime groups is 1. The molecule has 4 nitrogen and oxygen atoms in total. The number of rotatable bonds is 2. The molecule has 1 aliphatic rings. The third-order valence-corrected chi connectivity index (χ3v) is 3.75. The molecule has 1 aromatic carbocycles. The zero-order valence-electron chi connectivity index (χ0n) is 9.63. The Bertz CT molecular complexity index is 564. The van der Waals surface area contributed by atoms with Gasteiger partial charge in [-0.1, -0.05) is 16.8 Å². The van der Waals surface area contributed by atoms with E-state index in [4.69, 9.17) is 0 Å². The smallest absolute Gasteiger partial charge is 0.268 e. The minimum atomic E-state index is -3.53. The molecule has 0 bridgehead atoms. The summed E-state index contributed by atoms with van der Waals surface area (Å²) < 4.78 is 26.4. The number of hydrogen-bond acceptors (Lipinski definition) is 5. The lowest BCUT2D eigenvalue weighted by atomic mass is 10.1. The van der Waals surface area contributed by atoms with E-state index in [-0.39, 0.29) is 0 Å². The van der Waals surface area contributed by atoms with Crippen LogP contribution in [0.3, 0.4) is 0 Å². The van der Waals surface area contributed by atoms with Crippen molar-refractivity contribution in [1.82, 2.24) is 0 Å². The molecule has 1 heterocycles. The molecule has 0 spiro atoms. The highest BCUT2D eigenvalue weighted by molar-refractivity contribution is 7.99. The summed E-state index contributed by atoms with van der Waals surface area (Å²) in [4.78, 5) is 1.12. The van der Waals surface area contributed by atoms with Gasteiger partial charge in [-0.15, -0.1) is 11.8 Å². The lowest BCUT2D eigenvalue weighted by Crippen LogP contribution is -2.11. The number of aryl methyl sites for hydroxylation is 1. The van der Waals surface area contributed by atoms with Crippen molar-refractivity contribution >= 4 is 27.6 Å². The number of hydrogen-bond donors (Lipinski definition) is 0. The summed E-state index contributed by atoms with van der Waals surface area (Å²) in [5, 5.41) is 3.75. The molecule has 0 atom stereocenters. The molecule has 0 aliphatic carbocycles. The zero-order chi connectivity index (χ0) is 12.5. The van der Waals surface area contributed by atoms with Crippen LogP contribution in [0.2, 0.25) is 0 Å². The fraction of sp³-hybridized carbons (Fsp3) is 0.364. The predicted octanol–water partition coefficient (Wildman–Crippen LogP) is 2.17. The van der Waals surface area contributed by atoms with Gasteiger partial charge in [-0.05, 0) is 19.1 Å². The first-order valence-corrected chi connectivity index (χ1v) is 7.95. The van der Waals surface area contributed by atoms with Crippen LogP contribution in [0, 0.1) is 6.92 Å². The van der Waals surface area contributed by atoms with Gasteiger partial charge >= 0.3 is 10.1 Å². The van der Waals surface area contributed by atoms with Gasteiger partial charge in [-0.3, -0.25) is 4.28 Å². The molecule has 0 aromatic heterocycles. The Morgan fingerprint density at radius 3 is 2.88 bits per heavy atom. The molecule has 0 unspecified atom stereocenters. The van der Waals surface area contributed by atoms with E-state index in [1.54, 1.807) is 11.8 Å². The van der Waals surface area contributed by atoms with Crippen molar-refractivity contribution in [3.63, 3.8) is 0 Å². The second-order valence-corrected chi connectivity index (χ2v) is 6.61. The fourth-order valence-corrected chi connectivity index (χ4v) is 2.83. The highest BCUT2D eigenvalue weighted by atomic mass is 32.2. The van der Waals surface area contributed by atoms with Crippen LogP contribution in [0.5, 0.6) is 0 Å². The molecule has 1 aromatic rings. The van der Waals surface area contributed by atoms with Gasteiger partial charge in [0, 0.05) is 22.6 Å². The standard InChI is InChI=1S/C11H13NO3S2/c1-8-3-4-11-9(7-8)10(5-6-16-11)12-15-17(2,13)14/h3-4,7H,5-6H2,1-2H3/b12-10-. The summed E-state index contributed by atoms with van der Waals surface area (Å²) in [5.74, 6) is 0.891. The van der Waals surface area contributed by atoms with Crippen molar-refractivity contribution in [2.45, 2.75) is 18.2 Å². The molecule has 2 rings (SSSR count). The van der Waals surface area contributed by atoms with Gasteiger partial charge in [0.2, 0.25) is 0 Å². The van der Waals surface area contributed by atoms with Crippen LogP contribution in [0.25, 0.3) is 0 Å². The molecular formula is C11H13NO3S2. The van der Waals surface area contributed by atoms with Crippen molar-refractivity contribution in [2.75, 3.05) is 12.0 Å². The Labute approximate surface area is 105 Å². The van der Waals surface area contributed by atoms with Crippen LogP contribution >= 0.6 is 11.8 Å². The maximum atomic E-state index is 10.9. The van der Waals surface area contributed by atoms with Gasteiger partial charge in [0.1, 0.15) is 0 Å². The molecule has 0 N–H and O–H groups in total. The fourth-order valence-electron chi connectivity index (χ4n) is 1.60. The normalized spacial score (nSPS) is 17.9. The molecule has 0 saturated heterocycles. The summed E-state index contributed by atoms with van der Waals surface area (Å²) in [6.45, 7) is 1.99. The van der Waals surface area contributed by atoms with E-state index < -0.39 is 10.1 Å². The summed E-state index contributed by atoms with van der Waals surface area (Å²) in [6, 6.07) is 6.07. The Kier molecular flexibility index (Phi) is 3.44. The number of fused-ring (bicyclic) bond motifs is 1. The Morgan fingerprint density at radius 1 is 1.41 bits per heavy atom. The van der Waals surface area contributed by atoms with Crippen LogP contribution in [0.15, 0.2) is 28.3 Å². The van der Waals surface area contributed by atoms with Gasteiger partial charge in [0.15, 0.2) is 0 Å². The van der Waals surface area contributed by atoms with E-state index >= 15 is 0 Å². The third-order valence-electron chi connectivity index (χ3n) is 2.33. The van der Waals surface area contributed by atoms with Crippen molar-refractivity contribution in [3.05, 3.63) is 29.3 Å². The second kappa shape index (κ2) is 4.70. The topological polar surface area (TPSA) is 55.7 Å². The predicted molar refractivity (Wildman–Crippen MR) is 69.0 cm³/mol. The quantitative estimate of drug-likeness (QED) is 0.774. The summed E-state index contributed by atoms with van der Waals surface area (Å²) in [7, 11) is -3.53. The van der Waals surface area contributed by atoms with Crippen molar-refractivity contribution in [1.29, 1.82) is 0 Å². The number of benzene rings is 1. The Balaban J connectivity index is 2.37. The van der Waals surface area contributed by atoms with E-state index in [0.29, 0.717) is 5.71 Å². The second-order valence-electron chi connectivity index (χ2n) is 3.91. The van der Waals surface area contributed by atoms with Gasteiger partial charge in [-0.2, -0.15) is 8.42 Å². The maximum Gasteiger partial charge on any atom is 0.325 e. The molecule has 17 heavy (non-hydrogen) atoms. The van der Waals surface area contributed by atoms with Gasteiger partial charge in [-0.25, -0.2) is 0 Å². The van der Waals surface area contributed by atoms with Crippen LogP contribution < -0.4 is 0 Å². The van der Waals surface area contributed by atoms with Crippen LogP contribution in [-0.4, -0.2) is 26.1 Å². The highest BCUT2D eigenvalue weighted by Gasteiger charge is 2.17. The SMILES string of the molecule is Cc1ccc2c(c1)/C(=N\OS(C)(=O)=O)CCS2. The van der Waals surface area contributed by atoms with Crippen molar-refractivity contribution in [3.8, 4) is 0 Å². The maximum absolute atomic E-state index is 10.9. The summed E-state index contributed by atoms with van der Waals surface area (Å²) in [5.41, 5.74) is 2.80. The largest absolute Gasteiger partial charge is 0.325 e. The van der Waals surface area contributed by atoms with Crippen LogP contribution in [0.4, 0.5) is 0 Å². The lowest BCUT2D eigenvalue weighted by Gasteiger charge is -2.17. The van der Waals surface area contributed by atoms with E-state index in [2.05, 4.69) is 9.44 Å². The average molecular weight is 271 g/mol. The molecule has 0 fully saturated rings. The van der Waals surface area contributed by atoms with E-state index in [1.807, 2.05) is 25.1 Å². The first kappa shape index (κ1) is 12.4. The van der Waals surface area contributed by atoms with Gasteiger partial charge in [0.25, 0.3) is 0 Å². The van der Waals surface area contributed by atoms with Gasteiger partial charge in [0.05, 0.1) is 12.0 Å². The van der Waals surface area contributed by atoms with E-state index in [9.17, 15) is 8.42 Å². The Morgan fingerprint density at radius 2 is 2.18 bits per heavy atom. The molecule has 1 aliphatic heterocycles. The zero-order valence-corrected chi connectivity index (χ0v) is 11.3. The number of thioether (sulfide) groups is 1. The molecule has 6 heteroatoms. The van der Waals surface area contributed by atoms with Crippen LogP contribution in [-0.2, 0) is 14.4 Å². The molecule has 0 amide bonds. The summed E-state index contributed by atoms with van der Waals surface area (Å²) >= 11 is 1.75. The first-order valence-electron chi connectivity index (χ1n) is 5.15. The van der Waals surface area contributed by atoms with Crippen LogP contribution in [0.1, 0.15) is 17.5 Å². The Hall–Kier alpha value is -1.01. The first-order chi connectivity index (χ1) is 7.96. The monoisotopic (exact) mass is 271 g/mol. The molecular weight excluding hydrogens is 258 g/mol. The molecule has 0 radical (unpaired) electrons. The molecule has 0 saturated carbocycles. The lowest BCUT2D eigenvalue weighted by molar-refractivity contribution is 0.342. The molecule has 92 valence electrons. The minimum Gasteiger partial charge on any atom is -0.268 e. The summed E-state index contributed by atoms with van der Waals surface area (Å²) in [6.07, 6.45) is 1.71. The van der Waals surface area contributed by atoms with Crippen molar-refractivity contribution < 1.29 is 12.7 Å². The number of nitrogens with zero attached hydrogens (tertiary/aromatic N) is 1. The third kappa shape index (κ3) is 3.23. The average Bonchev–Trinajstić information content (AvgIpc) is 2.25. The minimum absolute atomic E-state index is 0.702. The van der Waals surface area contributed by atoms with Gasteiger partial charge < -0.3 is 0 Å². The van der Waals surface area contributed by atoms with Crippen molar-refractivity contribution in [2.24, 2.45) is 5.16 Å². The highest BCUT2D eigenvalue weighted by Crippen LogP contribution is 2.31.